The number of hydrogen-bond donors (Lipinski definition) is 0. The molecule has 5 aromatic rings. The second-order valence-electron chi connectivity index (χ2n) is 6.67. The van der Waals surface area contributed by atoms with Crippen LogP contribution in [-0.4, -0.2) is 0 Å². The zero-order valence-corrected chi connectivity index (χ0v) is 14.4. The summed E-state index contributed by atoms with van der Waals surface area (Å²) in [5.74, 6) is 0. The summed E-state index contributed by atoms with van der Waals surface area (Å²) in [4.78, 5) is 0. The van der Waals surface area contributed by atoms with Gasteiger partial charge in [0.15, 0.2) is 0 Å². The SMILES string of the molecule is C(=Cc1c2ccccc2cc2ccccc12)c1ccc2ccccc2c1. The van der Waals surface area contributed by atoms with Crippen molar-refractivity contribution in [3.63, 3.8) is 0 Å². The van der Waals surface area contributed by atoms with Crippen LogP contribution in [0.5, 0.6) is 0 Å². The number of benzene rings is 5. The van der Waals surface area contributed by atoms with Gasteiger partial charge in [-0.3, -0.25) is 0 Å². The minimum absolute atomic E-state index is 1.22. The van der Waals surface area contributed by atoms with E-state index in [-0.39, 0.29) is 0 Å². The van der Waals surface area contributed by atoms with Gasteiger partial charge in [0, 0.05) is 0 Å². The van der Waals surface area contributed by atoms with Crippen LogP contribution in [0, 0.1) is 0 Å². The fourth-order valence-electron chi connectivity index (χ4n) is 3.72. The summed E-state index contributed by atoms with van der Waals surface area (Å²) in [6.07, 6.45) is 4.48. The molecule has 0 atom stereocenters. The van der Waals surface area contributed by atoms with E-state index in [0.29, 0.717) is 0 Å². The van der Waals surface area contributed by atoms with Gasteiger partial charge < -0.3 is 0 Å². The lowest BCUT2D eigenvalue weighted by molar-refractivity contribution is 1.71. The van der Waals surface area contributed by atoms with E-state index in [4.69, 9.17) is 0 Å². The van der Waals surface area contributed by atoms with Crippen LogP contribution in [0.1, 0.15) is 11.1 Å². The normalized spacial score (nSPS) is 11.7. The highest BCUT2D eigenvalue weighted by atomic mass is 14.1. The predicted octanol–water partition coefficient (Wildman–Crippen LogP) is 7.32. The molecule has 0 N–H and O–H groups in total. The lowest BCUT2D eigenvalue weighted by Gasteiger charge is -2.08. The quantitative estimate of drug-likeness (QED) is 0.235. The van der Waals surface area contributed by atoms with Crippen molar-refractivity contribution in [3.05, 3.63) is 108 Å². The van der Waals surface area contributed by atoms with Crippen molar-refractivity contribution in [1.82, 2.24) is 0 Å². The van der Waals surface area contributed by atoms with E-state index >= 15 is 0 Å². The molecule has 0 aliphatic carbocycles. The van der Waals surface area contributed by atoms with Crippen LogP contribution in [0.4, 0.5) is 0 Å². The third-order valence-electron chi connectivity index (χ3n) is 5.03. The minimum Gasteiger partial charge on any atom is -0.0616 e. The standard InChI is InChI=1S/C26H18/c1-2-8-21-17-19(13-15-20(21)7-1)14-16-26-24-11-5-3-9-22(24)18-23-10-4-6-12-25(23)26/h1-18H. The maximum absolute atomic E-state index is 2.28. The van der Waals surface area contributed by atoms with Crippen molar-refractivity contribution in [1.29, 1.82) is 0 Å². The maximum atomic E-state index is 2.28. The average molecular weight is 330 g/mol. The van der Waals surface area contributed by atoms with Crippen molar-refractivity contribution in [2.24, 2.45) is 0 Å². The number of rotatable bonds is 2. The van der Waals surface area contributed by atoms with Gasteiger partial charge in [-0.2, -0.15) is 0 Å². The summed E-state index contributed by atoms with van der Waals surface area (Å²) in [5, 5.41) is 7.71. The Morgan fingerprint density at radius 1 is 0.423 bits per heavy atom. The van der Waals surface area contributed by atoms with E-state index in [1.807, 2.05) is 0 Å². The van der Waals surface area contributed by atoms with Crippen LogP contribution in [0.15, 0.2) is 97.1 Å². The van der Waals surface area contributed by atoms with E-state index in [9.17, 15) is 0 Å². The molecule has 0 bridgehead atoms. The zero-order chi connectivity index (χ0) is 17.3. The first-order valence-electron chi connectivity index (χ1n) is 8.96. The van der Waals surface area contributed by atoms with Crippen molar-refractivity contribution < 1.29 is 0 Å². The van der Waals surface area contributed by atoms with E-state index < -0.39 is 0 Å². The number of hydrogen-bond acceptors (Lipinski definition) is 0. The summed E-state index contributed by atoms with van der Waals surface area (Å²) in [7, 11) is 0. The summed E-state index contributed by atoms with van der Waals surface area (Å²) < 4.78 is 0. The third-order valence-corrected chi connectivity index (χ3v) is 5.03. The van der Waals surface area contributed by atoms with Gasteiger partial charge in [-0.15, -0.1) is 0 Å². The second kappa shape index (κ2) is 6.16. The molecule has 0 aromatic heterocycles. The Labute approximate surface area is 153 Å². The average Bonchev–Trinajstić information content (AvgIpc) is 2.71. The van der Waals surface area contributed by atoms with Gasteiger partial charge in [0.05, 0.1) is 0 Å². The molecule has 5 rings (SSSR count). The van der Waals surface area contributed by atoms with Crippen LogP contribution in [0.3, 0.4) is 0 Å². The Morgan fingerprint density at radius 3 is 1.69 bits per heavy atom. The Bertz CT molecular complexity index is 1220. The molecule has 0 unspecified atom stereocenters. The lowest BCUT2D eigenvalue weighted by Crippen LogP contribution is -1.83. The zero-order valence-electron chi connectivity index (χ0n) is 14.4. The van der Waals surface area contributed by atoms with E-state index in [1.165, 1.54) is 43.4 Å². The Morgan fingerprint density at radius 2 is 1.00 bits per heavy atom. The molecule has 0 nitrogen and oxygen atoms in total. The molecule has 0 aliphatic heterocycles. The van der Waals surface area contributed by atoms with E-state index in [0.717, 1.165) is 0 Å². The van der Waals surface area contributed by atoms with E-state index in [2.05, 4.69) is 109 Å². The molecule has 5 aromatic carbocycles. The predicted molar refractivity (Wildman–Crippen MR) is 114 cm³/mol. The van der Waals surface area contributed by atoms with Gasteiger partial charge >= 0.3 is 0 Å². The molecular formula is C26H18. The first kappa shape index (κ1) is 14.9. The largest absolute Gasteiger partial charge is 0.0616 e. The lowest BCUT2D eigenvalue weighted by atomic mass is 9.96. The summed E-state index contributed by atoms with van der Waals surface area (Å²) in [5.41, 5.74) is 2.51. The van der Waals surface area contributed by atoms with Gasteiger partial charge in [0.1, 0.15) is 0 Å². The first-order valence-corrected chi connectivity index (χ1v) is 8.96. The number of fused-ring (bicyclic) bond motifs is 3. The Balaban J connectivity index is 1.70. The highest BCUT2D eigenvalue weighted by Crippen LogP contribution is 2.30. The highest BCUT2D eigenvalue weighted by Gasteiger charge is 2.04. The van der Waals surface area contributed by atoms with Gasteiger partial charge in [-0.05, 0) is 55.6 Å². The summed E-state index contributed by atoms with van der Waals surface area (Å²) >= 11 is 0. The molecule has 0 spiro atoms. The molecule has 0 saturated carbocycles. The molecule has 0 saturated heterocycles. The molecule has 0 fully saturated rings. The van der Waals surface area contributed by atoms with Crippen LogP contribution in [0.25, 0.3) is 44.5 Å². The fourth-order valence-corrected chi connectivity index (χ4v) is 3.72. The summed E-state index contributed by atoms with van der Waals surface area (Å²) in [6.45, 7) is 0. The Kier molecular flexibility index (Phi) is 3.54. The van der Waals surface area contributed by atoms with Gasteiger partial charge in [0.2, 0.25) is 0 Å². The third kappa shape index (κ3) is 2.57. The van der Waals surface area contributed by atoms with Gasteiger partial charge in [-0.1, -0.05) is 97.1 Å². The van der Waals surface area contributed by atoms with Gasteiger partial charge in [0.25, 0.3) is 0 Å². The molecule has 122 valence electrons. The molecule has 26 heavy (non-hydrogen) atoms. The summed E-state index contributed by atoms with van der Waals surface area (Å²) in [6, 6.07) is 34.6. The van der Waals surface area contributed by atoms with Crippen molar-refractivity contribution in [2.75, 3.05) is 0 Å². The van der Waals surface area contributed by atoms with E-state index in [1.54, 1.807) is 0 Å². The molecule has 0 heterocycles. The van der Waals surface area contributed by atoms with Crippen LogP contribution in [0.2, 0.25) is 0 Å². The molecule has 0 heteroatoms. The molecular weight excluding hydrogens is 312 g/mol. The van der Waals surface area contributed by atoms with Crippen LogP contribution >= 0.6 is 0 Å². The fraction of sp³-hybridized carbons (Fsp3) is 0. The minimum atomic E-state index is 1.22. The first-order chi connectivity index (χ1) is 12.9. The second-order valence-corrected chi connectivity index (χ2v) is 6.67. The molecule has 0 aliphatic rings. The maximum Gasteiger partial charge on any atom is -0.00992 e. The molecule has 0 amide bonds. The van der Waals surface area contributed by atoms with Crippen LogP contribution < -0.4 is 0 Å². The Hall–Kier alpha value is -3.38. The van der Waals surface area contributed by atoms with Crippen molar-refractivity contribution in [2.45, 2.75) is 0 Å². The smallest absolute Gasteiger partial charge is 0.00992 e. The van der Waals surface area contributed by atoms with Crippen molar-refractivity contribution in [3.8, 4) is 0 Å². The molecule has 0 radical (unpaired) electrons. The topological polar surface area (TPSA) is 0 Å². The van der Waals surface area contributed by atoms with Crippen molar-refractivity contribution >= 4 is 44.5 Å². The van der Waals surface area contributed by atoms with Gasteiger partial charge in [-0.25, -0.2) is 0 Å². The van der Waals surface area contributed by atoms with Crippen LogP contribution in [-0.2, 0) is 0 Å². The highest BCUT2D eigenvalue weighted by molar-refractivity contribution is 6.08. The monoisotopic (exact) mass is 330 g/mol.